The summed E-state index contributed by atoms with van der Waals surface area (Å²) >= 11 is 6.60. The van der Waals surface area contributed by atoms with Crippen LogP contribution in [0.1, 0.15) is 107 Å². The van der Waals surface area contributed by atoms with Crippen molar-refractivity contribution in [2.24, 2.45) is 40.7 Å². The Bertz CT molecular complexity index is 569. The van der Waals surface area contributed by atoms with Gasteiger partial charge >= 0.3 is 0 Å². The van der Waals surface area contributed by atoms with Crippen LogP contribution in [0.3, 0.4) is 0 Å². The summed E-state index contributed by atoms with van der Waals surface area (Å²) in [4.78, 5) is 11.3. The maximum Gasteiger partial charge on any atom is 0.224 e. The Morgan fingerprint density at radius 1 is 1.08 bits per heavy atom. The number of nitrogens with one attached hydrogen (secondary N) is 3. The number of halogens is 1. The first-order chi connectivity index (χ1) is 17.0. The molecule has 1 saturated heterocycles. The van der Waals surface area contributed by atoms with Crippen molar-refractivity contribution in [2.45, 2.75) is 124 Å². The third-order valence-corrected chi connectivity index (χ3v) is 9.30. The molecule has 0 aromatic rings. The lowest BCUT2D eigenvalue weighted by molar-refractivity contribution is -0.129. The van der Waals surface area contributed by atoms with Gasteiger partial charge in [-0.1, -0.05) is 67.7 Å². The maximum absolute atomic E-state index is 11.3. The summed E-state index contributed by atoms with van der Waals surface area (Å²) in [7, 11) is 3.75. The minimum Gasteiger partial charge on any atom is -0.353 e. The van der Waals surface area contributed by atoms with Gasteiger partial charge in [-0.2, -0.15) is 0 Å². The molecule has 8 atom stereocenters. The van der Waals surface area contributed by atoms with E-state index < -0.39 is 0 Å². The normalized spacial score (nSPS) is 34.3. The Kier molecular flexibility index (Phi) is 18.6. The summed E-state index contributed by atoms with van der Waals surface area (Å²) in [5.74, 6) is 2.95. The smallest absolute Gasteiger partial charge is 0.224 e. The minimum absolute atomic E-state index is 0.0335. The molecule has 5 N–H and O–H groups in total. The number of alkyl halides is 1. The highest BCUT2D eigenvalue weighted by Gasteiger charge is 2.43. The molecule has 3 fully saturated rings. The van der Waals surface area contributed by atoms with Crippen molar-refractivity contribution < 1.29 is 4.79 Å². The molecular formula is C30H63ClN4O. The molecule has 3 rings (SSSR count). The molecular weight excluding hydrogens is 468 g/mol. The van der Waals surface area contributed by atoms with Gasteiger partial charge in [0.25, 0.3) is 0 Å². The molecule has 0 spiro atoms. The summed E-state index contributed by atoms with van der Waals surface area (Å²) in [6.45, 7) is 19.4. The van der Waals surface area contributed by atoms with Crippen molar-refractivity contribution in [1.29, 1.82) is 0 Å². The summed E-state index contributed by atoms with van der Waals surface area (Å²) < 4.78 is 0. The van der Waals surface area contributed by atoms with E-state index in [1.165, 1.54) is 38.5 Å². The Morgan fingerprint density at radius 3 is 2.11 bits per heavy atom. The van der Waals surface area contributed by atoms with Gasteiger partial charge in [-0.15, -0.1) is 11.6 Å². The predicted octanol–water partition coefficient (Wildman–Crippen LogP) is 6.19. The van der Waals surface area contributed by atoms with Gasteiger partial charge in [-0.05, 0) is 88.8 Å². The molecule has 6 heteroatoms. The number of carbonyl (C=O) groups excluding carboxylic acids is 1. The van der Waals surface area contributed by atoms with Gasteiger partial charge in [0.15, 0.2) is 0 Å². The summed E-state index contributed by atoms with van der Waals surface area (Å²) in [5, 5.41) is 9.69. The van der Waals surface area contributed by atoms with E-state index in [2.05, 4.69) is 50.6 Å². The van der Waals surface area contributed by atoms with Gasteiger partial charge in [-0.25, -0.2) is 0 Å². The second-order valence-corrected chi connectivity index (χ2v) is 12.3. The number of rotatable bonds is 5. The average Bonchev–Trinajstić information content (AvgIpc) is 2.83. The highest BCUT2D eigenvalue weighted by Crippen LogP contribution is 2.50. The zero-order valence-electron chi connectivity index (χ0n) is 25.6. The van der Waals surface area contributed by atoms with Crippen LogP contribution in [0.25, 0.3) is 0 Å². The fourth-order valence-corrected chi connectivity index (χ4v) is 7.04. The van der Waals surface area contributed by atoms with Crippen LogP contribution in [0.4, 0.5) is 0 Å². The molecule has 2 saturated carbocycles. The molecule has 8 unspecified atom stereocenters. The van der Waals surface area contributed by atoms with E-state index in [1.807, 2.05) is 34.9 Å². The second kappa shape index (κ2) is 18.8. The largest absolute Gasteiger partial charge is 0.353 e. The van der Waals surface area contributed by atoms with E-state index in [0.29, 0.717) is 35.3 Å². The topological polar surface area (TPSA) is 79.2 Å². The first kappa shape index (κ1) is 35.6. The average molecular weight is 531 g/mol. The van der Waals surface area contributed by atoms with Crippen LogP contribution >= 0.6 is 11.6 Å². The summed E-state index contributed by atoms with van der Waals surface area (Å²) in [5.41, 5.74) is 6.03. The highest BCUT2D eigenvalue weighted by atomic mass is 35.5. The van der Waals surface area contributed by atoms with Crippen LogP contribution in [0.2, 0.25) is 0 Å². The van der Waals surface area contributed by atoms with E-state index in [1.54, 1.807) is 0 Å². The van der Waals surface area contributed by atoms with E-state index in [-0.39, 0.29) is 11.8 Å². The first-order valence-corrected chi connectivity index (χ1v) is 15.4. The maximum atomic E-state index is 11.3. The van der Waals surface area contributed by atoms with Crippen LogP contribution < -0.4 is 21.7 Å². The molecule has 0 radical (unpaired) electrons. The summed E-state index contributed by atoms with van der Waals surface area (Å²) in [6.07, 6.45) is 10.6. The predicted molar refractivity (Wildman–Crippen MR) is 160 cm³/mol. The molecule has 1 heterocycles. The number of carbonyl (C=O) groups is 1. The van der Waals surface area contributed by atoms with Crippen LogP contribution in [0.15, 0.2) is 0 Å². The first-order valence-electron chi connectivity index (χ1n) is 15.0. The second-order valence-electron chi connectivity index (χ2n) is 11.7. The Morgan fingerprint density at radius 2 is 1.64 bits per heavy atom. The van der Waals surface area contributed by atoms with Crippen molar-refractivity contribution >= 4 is 17.5 Å². The number of hydrogen-bond acceptors (Lipinski definition) is 4. The lowest BCUT2D eigenvalue weighted by atomic mass is 9.58. The molecule has 216 valence electrons. The van der Waals surface area contributed by atoms with Crippen molar-refractivity contribution in [3.63, 3.8) is 0 Å². The molecule has 2 aliphatic carbocycles. The molecule has 1 aliphatic heterocycles. The summed E-state index contributed by atoms with van der Waals surface area (Å²) in [6, 6.07) is 0.941. The van der Waals surface area contributed by atoms with Crippen molar-refractivity contribution in [3.05, 3.63) is 0 Å². The number of piperidine rings is 1. The zero-order valence-corrected chi connectivity index (χ0v) is 26.3. The SMILES string of the molecule is CC.CC1CC(C)C(CN)C(=O)N1.CCNC1CC(Cl)CC(C(C)C2(C)CCCCC2)C1C.CNC. The van der Waals surface area contributed by atoms with Crippen molar-refractivity contribution in [1.82, 2.24) is 16.0 Å². The van der Waals surface area contributed by atoms with Crippen LogP contribution in [-0.4, -0.2) is 50.6 Å². The Balaban J connectivity index is 0.000000645. The quantitative estimate of drug-likeness (QED) is 0.319. The lowest BCUT2D eigenvalue weighted by Crippen LogP contribution is -2.48. The van der Waals surface area contributed by atoms with Gasteiger partial charge in [0.2, 0.25) is 5.91 Å². The van der Waals surface area contributed by atoms with Crippen LogP contribution in [-0.2, 0) is 4.79 Å². The van der Waals surface area contributed by atoms with E-state index in [0.717, 1.165) is 37.1 Å². The van der Waals surface area contributed by atoms with Gasteiger partial charge in [0, 0.05) is 24.0 Å². The number of amides is 1. The Labute approximate surface area is 230 Å². The molecule has 0 bridgehead atoms. The third kappa shape index (κ3) is 11.2. The van der Waals surface area contributed by atoms with Crippen LogP contribution in [0, 0.1) is 35.0 Å². The van der Waals surface area contributed by atoms with Gasteiger partial charge in [-0.3, -0.25) is 4.79 Å². The molecule has 1 amide bonds. The fourth-order valence-electron chi connectivity index (χ4n) is 6.65. The molecule has 36 heavy (non-hydrogen) atoms. The van der Waals surface area contributed by atoms with Crippen molar-refractivity contribution in [3.8, 4) is 0 Å². The molecule has 0 aromatic carbocycles. The lowest BCUT2D eigenvalue weighted by Gasteiger charge is -2.49. The van der Waals surface area contributed by atoms with Gasteiger partial charge < -0.3 is 21.7 Å². The van der Waals surface area contributed by atoms with Crippen LogP contribution in [0.5, 0.6) is 0 Å². The number of nitrogens with two attached hydrogens (primary N) is 1. The number of hydrogen-bond donors (Lipinski definition) is 4. The highest BCUT2D eigenvalue weighted by molar-refractivity contribution is 6.20. The minimum atomic E-state index is 0.0335. The molecule has 5 nitrogen and oxygen atoms in total. The van der Waals surface area contributed by atoms with Gasteiger partial charge in [0.1, 0.15) is 0 Å². The van der Waals surface area contributed by atoms with Gasteiger partial charge in [0.05, 0.1) is 5.92 Å². The van der Waals surface area contributed by atoms with Crippen molar-refractivity contribution in [2.75, 3.05) is 27.2 Å². The fraction of sp³-hybridized carbons (Fsp3) is 0.967. The molecule has 3 aliphatic rings. The van der Waals surface area contributed by atoms with E-state index in [4.69, 9.17) is 17.3 Å². The van der Waals surface area contributed by atoms with E-state index in [9.17, 15) is 4.79 Å². The van der Waals surface area contributed by atoms with E-state index >= 15 is 0 Å². The zero-order chi connectivity index (χ0) is 27.9. The Hall–Kier alpha value is -0.360. The molecule has 0 aromatic heterocycles. The third-order valence-electron chi connectivity index (χ3n) is 8.94. The monoisotopic (exact) mass is 530 g/mol. The standard InChI is InChI=1S/C18H34ClN.C8H16N2O.C2H7N.C2H6/c1-5-20-17-12-15(19)11-16(13(17)2)14(3)18(4)9-7-6-8-10-18;1-5-3-6(2)10-8(11)7(5)4-9;1-3-2;1-2/h13-17,20H,5-12H2,1-4H3;5-7H,3-4,9H2,1-2H3,(H,10,11);3H,1-2H3;1-2H3.